The van der Waals surface area contributed by atoms with E-state index in [0.29, 0.717) is 17.5 Å². The van der Waals surface area contributed by atoms with E-state index in [9.17, 15) is 14.7 Å². The highest BCUT2D eigenvalue weighted by atomic mass is 35.5. The van der Waals surface area contributed by atoms with Gasteiger partial charge in [-0.1, -0.05) is 11.6 Å². The average molecular weight is 319 g/mol. The standard InChI is InChI=1S/C12H15ClN2O4S/c1-15(6-8-2-3-9(13)20-8)11(18)14-12(10(16)17)4-5-19-7-12/h2-3H,4-7H2,1H3,(H,14,18)(H,16,17). The minimum Gasteiger partial charge on any atom is -0.479 e. The van der Waals surface area contributed by atoms with E-state index in [-0.39, 0.29) is 13.0 Å². The van der Waals surface area contributed by atoms with Gasteiger partial charge in [0, 0.05) is 25.0 Å². The molecule has 0 saturated carbocycles. The number of nitrogens with one attached hydrogen (secondary N) is 1. The summed E-state index contributed by atoms with van der Waals surface area (Å²) in [5.41, 5.74) is -1.32. The van der Waals surface area contributed by atoms with E-state index in [4.69, 9.17) is 16.3 Å². The molecule has 0 aromatic carbocycles. The van der Waals surface area contributed by atoms with Crippen LogP contribution in [0.4, 0.5) is 4.79 Å². The van der Waals surface area contributed by atoms with Crippen molar-refractivity contribution in [2.24, 2.45) is 0 Å². The van der Waals surface area contributed by atoms with Crippen LogP contribution in [0.5, 0.6) is 0 Å². The molecule has 2 N–H and O–H groups in total. The summed E-state index contributed by atoms with van der Waals surface area (Å²) in [6.07, 6.45) is 0.271. The van der Waals surface area contributed by atoms with Crippen LogP contribution < -0.4 is 5.32 Å². The van der Waals surface area contributed by atoms with Gasteiger partial charge in [0.25, 0.3) is 0 Å². The molecule has 1 aliphatic rings. The van der Waals surface area contributed by atoms with Gasteiger partial charge in [-0.25, -0.2) is 9.59 Å². The number of aliphatic carboxylic acids is 1. The third kappa shape index (κ3) is 3.23. The van der Waals surface area contributed by atoms with E-state index in [1.165, 1.54) is 16.2 Å². The third-order valence-corrected chi connectivity index (χ3v) is 4.36. The molecule has 2 rings (SSSR count). The van der Waals surface area contributed by atoms with Gasteiger partial charge in [-0.15, -0.1) is 11.3 Å². The zero-order chi connectivity index (χ0) is 14.8. The van der Waals surface area contributed by atoms with Crippen LogP contribution in [0.15, 0.2) is 12.1 Å². The Morgan fingerprint density at radius 1 is 1.60 bits per heavy atom. The largest absolute Gasteiger partial charge is 0.479 e. The monoisotopic (exact) mass is 318 g/mol. The van der Waals surface area contributed by atoms with E-state index in [1.54, 1.807) is 13.1 Å². The van der Waals surface area contributed by atoms with Crippen molar-refractivity contribution in [1.82, 2.24) is 10.2 Å². The molecule has 1 atom stereocenters. The number of amides is 2. The SMILES string of the molecule is CN(Cc1ccc(Cl)s1)C(=O)NC1(C(=O)O)CCOC1. The second-order valence-electron chi connectivity index (χ2n) is 4.68. The maximum atomic E-state index is 12.1. The smallest absolute Gasteiger partial charge is 0.332 e. The maximum Gasteiger partial charge on any atom is 0.332 e. The molecule has 1 unspecified atom stereocenters. The van der Waals surface area contributed by atoms with E-state index in [0.717, 1.165) is 4.88 Å². The quantitative estimate of drug-likeness (QED) is 0.887. The number of carbonyl (C=O) groups is 2. The molecule has 6 nitrogen and oxygen atoms in total. The number of ether oxygens (including phenoxy) is 1. The number of thiophene rings is 1. The Bertz CT molecular complexity index is 513. The Hall–Kier alpha value is -1.31. The molecule has 2 heterocycles. The maximum absolute atomic E-state index is 12.1. The minimum atomic E-state index is -1.32. The minimum absolute atomic E-state index is 0.00720. The van der Waals surface area contributed by atoms with Gasteiger partial charge in [0.2, 0.25) is 0 Å². The van der Waals surface area contributed by atoms with E-state index >= 15 is 0 Å². The van der Waals surface area contributed by atoms with Crippen molar-refractivity contribution >= 4 is 34.9 Å². The lowest BCUT2D eigenvalue weighted by Gasteiger charge is -2.27. The van der Waals surface area contributed by atoms with Crippen LogP contribution in [0.25, 0.3) is 0 Å². The van der Waals surface area contributed by atoms with Crippen LogP contribution in [0.2, 0.25) is 4.34 Å². The van der Waals surface area contributed by atoms with Crippen LogP contribution in [0.3, 0.4) is 0 Å². The number of hydrogen-bond acceptors (Lipinski definition) is 4. The topological polar surface area (TPSA) is 78.9 Å². The number of hydrogen-bond donors (Lipinski definition) is 2. The van der Waals surface area contributed by atoms with E-state index in [2.05, 4.69) is 5.32 Å². The van der Waals surface area contributed by atoms with Crippen molar-refractivity contribution < 1.29 is 19.4 Å². The predicted octanol–water partition coefficient (Wildman–Crippen LogP) is 1.79. The van der Waals surface area contributed by atoms with Gasteiger partial charge in [-0.3, -0.25) is 0 Å². The highest BCUT2D eigenvalue weighted by Crippen LogP contribution is 2.23. The van der Waals surface area contributed by atoms with Crippen molar-refractivity contribution in [3.63, 3.8) is 0 Å². The van der Waals surface area contributed by atoms with Gasteiger partial charge in [-0.05, 0) is 12.1 Å². The second kappa shape index (κ2) is 5.99. The lowest BCUT2D eigenvalue weighted by Crippen LogP contribution is -2.57. The lowest BCUT2D eigenvalue weighted by atomic mass is 9.99. The molecular formula is C12H15ClN2O4S. The summed E-state index contributed by atoms with van der Waals surface area (Å²) in [7, 11) is 1.61. The first-order chi connectivity index (χ1) is 9.43. The van der Waals surface area contributed by atoms with Gasteiger partial charge >= 0.3 is 12.0 Å². The summed E-state index contributed by atoms with van der Waals surface area (Å²) in [6, 6.07) is 3.15. The number of halogens is 1. The zero-order valence-electron chi connectivity index (χ0n) is 10.9. The molecule has 1 fully saturated rings. The Labute approximate surface area is 125 Å². The van der Waals surface area contributed by atoms with Crippen molar-refractivity contribution in [3.05, 3.63) is 21.3 Å². The van der Waals surface area contributed by atoms with Crippen molar-refractivity contribution in [1.29, 1.82) is 0 Å². The molecule has 0 spiro atoms. The first-order valence-corrected chi connectivity index (χ1v) is 7.21. The summed E-state index contributed by atoms with van der Waals surface area (Å²) in [5, 5.41) is 11.8. The van der Waals surface area contributed by atoms with Gasteiger partial charge < -0.3 is 20.1 Å². The molecule has 1 aromatic heterocycles. The molecule has 0 aliphatic carbocycles. The van der Waals surface area contributed by atoms with Crippen LogP contribution in [-0.2, 0) is 16.1 Å². The van der Waals surface area contributed by atoms with E-state index in [1.807, 2.05) is 6.07 Å². The molecule has 20 heavy (non-hydrogen) atoms. The van der Waals surface area contributed by atoms with Crippen molar-refractivity contribution in [2.45, 2.75) is 18.5 Å². The van der Waals surface area contributed by atoms with Gasteiger partial charge in [0.15, 0.2) is 5.54 Å². The molecule has 1 saturated heterocycles. The highest BCUT2D eigenvalue weighted by Gasteiger charge is 2.44. The Morgan fingerprint density at radius 3 is 2.85 bits per heavy atom. The fraction of sp³-hybridized carbons (Fsp3) is 0.500. The zero-order valence-corrected chi connectivity index (χ0v) is 12.5. The summed E-state index contributed by atoms with van der Waals surface area (Å²) in [6.45, 7) is 0.698. The van der Waals surface area contributed by atoms with Crippen LogP contribution in [0, 0.1) is 0 Å². The number of carbonyl (C=O) groups excluding carboxylic acids is 1. The Balaban J connectivity index is 1.98. The molecule has 8 heteroatoms. The number of nitrogens with zero attached hydrogens (tertiary/aromatic N) is 1. The predicted molar refractivity (Wildman–Crippen MR) is 75.1 cm³/mol. The van der Waals surface area contributed by atoms with Gasteiger partial charge in [0.05, 0.1) is 17.5 Å². The highest BCUT2D eigenvalue weighted by molar-refractivity contribution is 7.16. The number of rotatable bonds is 4. The summed E-state index contributed by atoms with van der Waals surface area (Å²) in [5.74, 6) is -1.07. The normalized spacial score (nSPS) is 21.7. The van der Waals surface area contributed by atoms with E-state index < -0.39 is 17.5 Å². The average Bonchev–Trinajstić information content (AvgIpc) is 2.99. The molecule has 0 bridgehead atoms. The van der Waals surface area contributed by atoms with Gasteiger partial charge in [-0.2, -0.15) is 0 Å². The van der Waals surface area contributed by atoms with Gasteiger partial charge in [0.1, 0.15) is 0 Å². The van der Waals surface area contributed by atoms with Crippen molar-refractivity contribution in [2.75, 3.05) is 20.3 Å². The fourth-order valence-electron chi connectivity index (χ4n) is 1.93. The number of carboxylic acids is 1. The van der Waals surface area contributed by atoms with Crippen LogP contribution >= 0.6 is 22.9 Å². The molecule has 1 aliphatic heterocycles. The number of urea groups is 1. The first kappa shape index (κ1) is 15.1. The third-order valence-electron chi connectivity index (χ3n) is 3.15. The molecule has 110 valence electrons. The Morgan fingerprint density at radius 2 is 2.35 bits per heavy atom. The molecule has 1 aromatic rings. The molecule has 0 radical (unpaired) electrons. The second-order valence-corrected chi connectivity index (χ2v) is 6.48. The van der Waals surface area contributed by atoms with Crippen molar-refractivity contribution in [3.8, 4) is 0 Å². The molecule has 2 amide bonds. The first-order valence-electron chi connectivity index (χ1n) is 6.01. The summed E-state index contributed by atoms with van der Waals surface area (Å²) in [4.78, 5) is 25.8. The Kier molecular flexibility index (Phi) is 4.52. The van der Waals surface area contributed by atoms with Crippen LogP contribution in [0.1, 0.15) is 11.3 Å². The number of carboxylic acid groups (broad SMARTS) is 1. The summed E-state index contributed by atoms with van der Waals surface area (Å²) < 4.78 is 5.75. The van der Waals surface area contributed by atoms with Crippen LogP contribution in [-0.4, -0.2) is 47.8 Å². The summed E-state index contributed by atoms with van der Waals surface area (Å²) >= 11 is 7.21. The fourth-order valence-corrected chi connectivity index (χ4v) is 3.07. The lowest BCUT2D eigenvalue weighted by molar-refractivity contribution is -0.144. The molecular weight excluding hydrogens is 304 g/mol.